The summed E-state index contributed by atoms with van der Waals surface area (Å²) < 4.78 is 5.41. The largest absolute Gasteiger partial charge is 0.423 e. The first-order chi connectivity index (χ1) is 8.33. The maximum atomic E-state index is 8.89. The number of para-hydroxylation sites is 1. The summed E-state index contributed by atoms with van der Waals surface area (Å²) in [4.78, 5) is 7.99. The first kappa shape index (κ1) is 11.4. The molecular formula is C12H8ClN3O. The molecule has 0 spiro atoms. The van der Waals surface area contributed by atoms with E-state index in [9.17, 15) is 0 Å². The molecule has 17 heavy (non-hydrogen) atoms. The molecule has 0 atom stereocenters. The van der Waals surface area contributed by atoms with Crippen molar-refractivity contribution < 1.29 is 4.74 Å². The van der Waals surface area contributed by atoms with Crippen LogP contribution in [-0.4, -0.2) is 9.97 Å². The van der Waals surface area contributed by atoms with Gasteiger partial charge in [0, 0.05) is 18.0 Å². The molecule has 0 radical (unpaired) electrons. The minimum atomic E-state index is 0.196. The Morgan fingerprint density at radius 2 is 1.94 bits per heavy atom. The number of benzene rings is 1. The van der Waals surface area contributed by atoms with Gasteiger partial charge in [0.25, 0.3) is 0 Å². The molecule has 0 saturated heterocycles. The summed E-state index contributed by atoms with van der Waals surface area (Å²) in [6, 6.07) is 9.14. The molecule has 0 bridgehead atoms. The van der Waals surface area contributed by atoms with Gasteiger partial charge < -0.3 is 4.74 Å². The molecule has 0 amide bonds. The second kappa shape index (κ2) is 5.28. The molecule has 2 rings (SSSR count). The van der Waals surface area contributed by atoms with Crippen LogP contribution in [-0.2, 0) is 5.88 Å². The van der Waals surface area contributed by atoms with E-state index in [1.54, 1.807) is 36.7 Å². The molecule has 0 N–H and O–H groups in total. The van der Waals surface area contributed by atoms with E-state index in [4.69, 9.17) is 21.6 Å². The van der Waals surface area contributed by atoms with Crippen LogP contribution in [0.25, 0.3) is 0 Å². The number of halogens is 1. The second-order valence-corrected chi connectivity index (χ2v) is 3.48. The average molecular weight is 246 g/mol. The number of nitrogens with zero attached hydrogens (tertiary/aromatic N) is 3. The molecule has 5 heteroatoms. The summed E-state index contributed by atoms with van der Waals surface area (Å²) in [5.41, 5.74) is 1.25. The molecule has 4 nitrogen and oxygen atoms in total. The van der Waals surface area contributed by atoms with Crippen molar-refractivity contribution in [3.8, 4) is 17.8 Å². The number of hydrogen-bond donors (Lipinski definition) is 0. The van der Waals surface area contributed by atoms with Crippen molar-refractivity contribution in [2.24, 2.45) is 0 Å². The van der Waals surface area contributed by atoms with Gasteiger partial charge in [-0.2, -0.15) is 5.26 Å². The zero-order valence-corrected chi connectivity index (χ0v) is 9.55. The molecule has 1 heterocycles. The van der Waals surface area contributed by atoms with Crippen molar-refractivity contribution in [3.05, 3.63) is 47.8 Å². The van der Waals surface area contributed by atoms with Gasteiger partial charge in [-0.25, -0.2) is 9.97 Å². The summed E-state index contributed by atoms with van der Waals surface area (Å²) in [5, 5.41) is 8.89. The topological polar surface area (TPSA) is 58.8 Å². The third-order valence-corrected chi connectivity index (χ3v) is 2.35. The lowest BCUT2D eigenvalue weighted by atomic mass is 10.2. The molecule has 0 aliphatic heterocycles. The predicted octanol–water partition coefficient (Wildman–Crippen LogP) is 2.88. The summed E-state index contributed by atoms with van der Waals surface area (Å²) in [5.74, 6) is 0.795. The van der Waals surface area contributed by atoms with Gasteiger partial charge in [-0.15, -0.1) is 11.6 Å². The molecule has 2 aromatic rings. The van der Waals surface area contributed by atoms with Gasteiger partial charge in [-0.1, -0.05) is 12.1 Å². The first-order valence-corrected chi connectivity index (χ1v) is 5.41. The SMILES string of the molecule is N#Cc1ccccc1Oc1ncc(CCl)cn1. The summed E-state index contributed by atoms with van der Waals surface area (Å²) in [6.45, 7) is 0. The molecule has 0 saturated carbocycles. The Kier molecular flexibility index (Phi) is 3.53. The Morgan fingerprint density at radius 3 is 2.59 bits per heavy atom. The number of rotatable bonds is 3. The van der Waals surface area contributed by atoms with E-state index in [-0.39, 0.29) is 6.01 Å². The van der Waals surface area contributed by atoms with Gasteiger partial charge in [0.1, 0.15) is 11.8 Å². The Labute approximate surface area is 103 Å². The van der Waals surface area contributed by atoms with E-state index in [1.165, 1.54) is 0 Å². The summed E-state index contributed by atoms with van der Waals surface area (Å²) in [7, 11) is 0. The molecule has 1 aromatic carbocycles. The van der Waals surface area contributed by atoms with Crippen molar-refractivity contribution in [1.29, 1.82) is 5.26 Å². The van der Waals surface area contributed by atoms with Crippen LogP contribution in [0.3, 0.4) is 0 Å². The van der Waals surface area contributed by atoms with Crippen molar-refractivity contribution >= 4 is 11.6 Å². The van der Waals surface area contributed by atoms with E-state index in [0.29, 0.717) is 17.2 Å². The lowest BCUT2D eigenvalue weighted by Crippen LogP contribution is -1.94. The van der Waals surface area contributed by atoms with E-state index in [1.807, 2.05) is 6.07 Å². The fourth-order valence-corrected chi connectivity index (χ4v) is 1.35. The fourth-order valence-electron chi connectivity index (χ4n) is 1.21. The van der Waals surface area contributed by atoms with Gasteiger partial charge in [-0.05, 0) is 12.1 Å². The zero-order valence-electron chi connectivity index (χ0n) is 8.80. The monoisotopic (exact) mass is 245 g/mol. The Bertz CT molecular complexity index is 548. The highest BCUT2D eigenvalue weighted by Crippen LogP contribution is 2.21. The summed E-state index contributed by atoms with van der Waals surface area (Å²) in [6.07, 6.45) is 3.18. The van der Waals surface area contributed by atoms with Crippen molar-refractivity contribution in [1.82, 2.24) is 9.97 Å². The van der Waals surface area contributed by atoms with Gasteiger partial charge in [0.15, 0.2) is 0 Å². The minimum Gasteiger partial charge on any atom is -0.423 e. The van der Waals surface area contributed by atoms with Gasteiger partial charge in [-0.3, -0.25) is 0 Å². The van der Waals surface area contributed by atoms with E-state index in [2.05, 4.69) is 9.97 Å². The van der Waals surface area contributed by atoms with Gasteiger partial charge >= 0.3 is 6.01 Å². The summed E-state index contributed by atoms with van der Waals surface area (Å²) >= 11 is 5.62. The molecule has 0 aliphatic rings. The predicted molar refractivity (Wildman–Crippen MR) is 62.8 cm³/mol. The van der Waals surface area contributed by atoms with Crippen LogP contribution >= 0.6 is 11.6 Å². The Balaban J connectivity index is 2.23. The van der Waals surface area contributed by atoms with E-state index in [0.717, 1.165) is 5.56 Å². The quantitative estimate of drug-likeness (QED) is 0.780. The highest BCUT2D eigenvalue weighted by Gasteiger charge is 2.05. The highest BCUT2D eigenvalue weighted by molar-refractivity contribution is 6.17. The number of nitriles is 1. The molecule has 1 aromatic heterocycles. The zero-order chi connectivity index (χ0) is 12.1. The molecule has 0 fully saturated rings. The number of hydrogen-bond acceptors (Lipinski definition) is 4. The Hall–Kier alpha value is -2.12. The number of aromatic nitrogens is 2. The third kappa shape index (κ3) is 2.71. The highest BCUT2D eigenvalue weighted by atomic mass is 35.5. The van der Waals surface area contributed by atoms with Crippen molar-refractivity contribution in [2.45, 2.75) is 5.88 Å². The smallest absolute Gasteiger partial charge is 0.321 e. The van der Waals surface area contributed by atoms with Crippen molar-refractivity contribution in [2.75, 3.05) is 0 Å². The van der Waals surface area contributed by atoms with Crippen molar-refractivity contribution in [3.63, 3.8) is 0 Å². The average Bonchev–Trinajstić information content (AvgIpc) is 2.40. The van der Waals surface area contributed by atoms with Crippen LogP contribution in [0, 0.1) is 11.3 Å². The molecular weight excluding hydrogens is 238 g/mol. The van der Waals surface area contributed by atoms with Crippen LogP contribution < -0.4 is 4.74 Å². The maximum Gasteiger partial charge on any atom is 0.321 e. The normalized spacial score (nSPS) is 9.65. The lowest BCUT2D eigenvalue weighted by Gasteiger charge is -2.04. The maximum absolute atomic E-state index is 8.89. The standard InChI is InChI=1S/C12H8ClN3O/c13-5-9-7-15-12(16-8-9)17-11-4-2-1-3-10(11)6-14/h1-4,7-8H,5H2. The molecule has 0 aliphatic carbocycles. The molecule has 0 unspecified atom stereocenters. The number of alkyl halides is 1. The van der Waals surface area contributed by atoms with Gasteiger partial charge in [0.2, 0.25) is 0 Å². The first-order valence-electron chi connectivity index (χ1n) is 4.87. The van der Waals surface area contributed by atoms with Crippen LogP contribution in [0.1, 0.15) is 11.1 Å². The Morgan fingerprint density at radius 1 is 1.24 bits per heavy atom. The van der Waals surface area contributed by atoms with Crippen LogP contribution in [0.4, 0.5) is 0 Å². The lowest BCUT2D eigenvalue weighted by molar-refractivity contribution is 0.440. The second-order valence-electron chi connectivity index (χ2n) is 3.22. The minimum absolute atomic E-state index is 0.196. The number of ether oxygens (including phenoxy) is 1. The fraction of sp³-hybridized carbons (Fsp3) is 0.0833. The van der Waals surface area contributed by atoms with Crippen LogP contribution in [0.5, 0.6) is 11.8 Å². The molecule has 84 valence electrons. The van der Waals surface area contributed by atoms with Crippen LogP contribution in [0.15, 0.2) is 36.7 Å². The van der Waals surface area contributed by atoms with E-state index < -0.39 is 0 Å². The third-order valence-electron chi connectivity index (χ3n) is 2.04. The van der Waals surface area contributed by atoms with Gasteiger partial charge in [0.05, 0.1) is 11.4 Å². The van der Waals surface area contributed by atoms with E-state index >= 15 is 0 Å². The van der Waals surface area contributed by atoms with Crippen LogP contribution in [0.2, 0.25) is 0 Å².